The third-order valence-corrected chi connectivity index (χ3v) is 3.19. The quantitative estimate of drug-likeness (QED) is 0.380. The van der Waals surface area contributed by atoms with Crippen LogP contribution < -0.4 is 21.5 Å². The number of hydrogen-bond acceptors (Lipinski definition) is 4. The van der Waals surface area contributed by atoms with E-state index in [-0.39, 0.29) is 11.7 Å². The summed E-state index contributed by atoms with van der Waals surface area (Å²) >= 11 is 0. The van der Waals surface area contributed by atoms with Crippen LogP contribution in [0, 0.1) is 5.41 Å². The Labute approximate surface area is 128 Å². The molecule has 1 amide bonds. The zero-order valence-electron chi connectivity index (χ0n) is 12.2. The molecule has 6 heteroatoms. The second kappa shape index (κ2) is 6.62. The number of nitrogens with one attached hydrogen (secondary N) is 2. The van der Waals surface area contributed by atoms with Gasteiger partial charge in [0, 0.05) is 23.4 Å². The van der Waals surface area contributed by atoms with Gasteiger partial charge in [-0.3, -0.25) is 10.2 Å². The molecule has 0 aliphatic heterocycles. The molecule has 2 rings (SSSR count). The maximum absolute atomic E-state index is 12.2. The highest BCUT2D eigenvalue weighted by atomic mass is 16.5. The number of nitrogen functional groups attached to an aromatic ring is 2. The average molecular weight is 298 g/mol. The van der Waals surface area contributed by atoms with Crippen molar-refractivity contribution in [1.29, 1.82) is 5.41 Å². The van der Waals surface area contributed by atoms with E-state index in [2.05, 4.69) is 5.32 Å². The van der Waals surface area contributed by atoms with Gasteiger partial charge < -0.3 is 21.5 Å². The summed E-state index contributed by atoms with van der Waals surface area (Å²) in [6.45, 7) is 0.371. The van der Waals surface area contributed by atoms with E-state index in [9.17, 15) is 4.79 Å². The maximum atomic E-state index is 12.2. The van der Waals surface area contributed by atoms with Gasteiger partial charge in [-0.05, 0) is 35.9 Å². The molecule has 0 radical (unpaired) electrons. The molecule has 0 aromatic heterocycles. The van der Waals surface area contributed by atoms with Crippen molar-refractivity contribution in [3.63, 3.8) is 0 Å². The third kappa shape index (κ3) is 3.54. The maximum Gasteiger partial charge on any atom is 0.251 e. The van der Waals surface area contributed by atoms with Crippen LogP contribution in [-0.2, 0) is 6.54 Å². The summed E-state index contributed by atoms with van der Waals surface area (Å²) in [6.07, 6.45) is 0. The van der Waals surface area contributed by atoms with Crippen LogP contribution in [0.1, 0.15) is 21.5 Å². The van der Waals surface area contributed by atoms with Crippen LogP contribution in [0.3, 0.4) is 0 Å². The topological polar surface area (TPSA) is 114 Å². The van der Waals surface area contributed by atoms with E-state index < -0.39 is 0 Å². The van der Waals surface area contributed by atoms with Gasteiger partial charge in [0.25, 0.3) is 5.91 Å². The number of amidine groups is 1. The van der Waals surface area contributed by atoms with Crippen LogP contribution in [0.5, 0.6) is 5.75 Å². The lowest BCUT2D eigenvalue weighted by molar-refractivity contribution is 0.0951. The molecular formula is C16H18N4O2. The minimum absolute atomic E-state index is 0.167. The Balaban J connectivity index is 2.09. The molecule has 0 aliphatic rings. The normalized spacial score (nSPS) is 10.0. The van der Waals surface area contributed by atoms with E-state index in [0.717, 1.165) is 11.3 Å². The number of carbonyl (C=O) groups excluding carboxylic acids is 1. The molecule has 114 valence electrons. The van der Waals surface area contributed by atoms with Crippen molar-refractivity contribution in [2.75, 3.05) is 12.8 Å². The Morgan fingerprint density at radius 2 is 2.05 bits per heavy atom. The van der Waals surface area contributed by atoms with Gasteiger partial charge >= 0.3 is 0 Å². The average Bonchev–Trinajstić information content (AvgIpc) is 2.53. The minimum Gasteiger partial charge on any atom is -0.497 e. The van der Waals surface area contributed by atoms with Gasteiger partial charge in [-0.25, -0.2) is 0 Å². The number of hydrogen-bond donors (Lipinski definition) is 4. The molecule has 0 saturated carbocycles. The van der Waals surface area contributed by atoms with E-state index in [1.807, 2.05) is 24.3 Å². The SMILES string of the molecule is COc1cccc(CNC(=O)c2ccc(N)c(C(=N)N)c2)c1. The smallest absolute Gasteiger partial charge is 0.251 e. The van der Waals surface area contributed by atoms with Crippen molar-refractivity contribution >= 4 is 17.4 Å². The third-order valence-electron chi connectivity index (χ3n) is 3.19. The largest absolute Gasteiger partial charge is 0.497 e. The summed E-state index contributed by atoms with van der Waals surface area (Å²) in [5.74, 6) is 0.309. The fourth-order valence-electron chi connectivity index (χ4n) is 2.00. The fraction of sp³-hybridized carbons (Fsp3) is 0.125. The predicted octanol–water partition coefficient (Wildman–Crippen LogP) is 1.49. The van der Waals surface area contributed by atoms with E-state index in [0.29, 0.717) is 23.4 Å². The standard InChI is InChI=1S/C16H18N4O2/c1-22-12-4-2-3-10(7-12)9-20-16(21)11-5-6-14(17)13(8-11)15(18)19/h2-8H,9,17H2,1H3,(H3,18,19)(H,20,21). The van der Waals surface area contributed by atoms with Gasteiger partial charge in [-0.15, -0.1) is 0 Å². The molecule has 0 spiro atoms. The van der Waals surface area contributed by atoms with Crippen molar-refractivity contribution < 1.29 is 9.53 Å². The van der Waals surface area contributed by atoms with Gasteiger partial charge in [0.2, 0.25) is 0 Å². The lowest BCUT2D eigenvalue weighted by Crippen LogP contribution is -2.23. The minimum atomic E-state index is -0.259. The zero-order chi connectivity index (χ0) is 16.1. The number of anilines is 1. The van der Waals surface area contributed by atoms with Crippen LogP contribution in [0.15, 0.2) is 42.5 Å². The number of carbonyl (C=O) groups is 1. The number of amides is 1. The second-order valence-corrected chi connectivity index (χ2v) is 4.75. The first kappa shape index (κ1) is 15.4. The number of ether oxygens (including phenoxy) is 1. The van der Waals surface area contributed by atoms with Crippen molar-refractivity contribution in [3.05, 3.63) is 59.2 Å². The van der Waals surface area contributed by atoms with Crippen LogP contribution in [0.4, 0.5) is 5.69 Å². The van der Waals surface area contributed by atoms with Crippen molar-refractivity contribution in [2.45, 2.75) is 6.54 Å². The molecule has 6 N–H and O–H groups in total. The second-order valence-electron chi connectivity index (χ2n) is 4.75. The highest BCUT2D eigenvalue weighted by molar-refractivity contribution is 6.03. The van der Waals surface area contributed by atoms with E-state index in [1.54, 1.807) is 19.2 Å². The first-order chi connectivity index (χ1) is 10.5. The molecule has 0 unspecified atom stereocenters. The van der Waals surface area contributed by atoms with Crippen molar-refractivity contribution in [1.82, 2.24) is 5.32 Å². The molecule has 0 heterocycles. The summed E-state index contributed by atoms with van der Waals surface area (Å²) in [6, 6.07) is 12.1. The summed E-state index contributed by atoms with van der Waals surface area (Å²) in [5, 5.41) is 10.3. The molecule has 0 aliphatic carbocycles. The number of rotatable bonds is 5. The molecule has 0 bridgehead atoms. The Kier molecular flexibility index (Phi) is 4.63. The van der Waals surface area contributed by atoms with Crippen LogP contribution in [0.25, 0.3) is 0 Å². The summed E-state index contributed by atoms with van der Waals surface area (Å²) in [4.78, 5) is 12.2. The highest BCUT2D eigenvalue weighted by Crippen LogP contribution is 2.15. The van der Waals surface area contributed by atoms with Crippen LogP contribution in [0.2, 0.25) is 0 Å². The Hall–Kier alpha value is -3.02. The Bertz CT molecular complexity index is 713. The lowest BCUT2D eigenvalue weighted by atomic mass is 10.1. The predicted molar refractivity (Wildman–Crippen MR) is 86.0 cm³/mol. The molecule has 22 heavy (non-hydrogen) atoms. The monoisotopic (exact) mass is 298 g/mol. The number of benzene rings is 2. The Morgan fingerprint density at radius 1 is 1.27 bits per heavy atom. The first-order valence-electron chi connectivity index (χ1n) is 6.66. The van der Waals surface area contributed by atoms with Crippen molar-refractivity contribution in [3.8, 4) is 5.75 Å². The van der Waals surface area contributed by atoms with Gasteiger partial charge in [0.05, 0.1) is 7.11 Å². The highest BCUT2D eigenvalue weighted by Gasteiger charge is 2.10. The lowest BCUT2D eigenvalue weighted by Gasteiger charge is -2.09. The summed E-state index contributed by atoms with van der Waals surface area (Å²) in [5.41, 5.74) is 13.2. The van der Waals surface area contributed by atoms with Gasteiger partial charge in [0.1, 0.15) is 11.6 Å². The zero-order valence-corrected chi connectivity index (χ0v) is 12.2. The molecule has 0 atom stereocenters. The first-order valence-corrected chi connectivity index (χ1v) is 6.66. The molecular weight excluding hydrogens is 280 g/mol. The molecule has 6 nitrogen and oxygen atoms in total. The molecule has 2 aromatic carbocycles. The molecule has 2 aromatic rings. The summed E-state index contributed by atoms with van der Waals surface area (Å²) < 4.78 is 5.14. The van der Waals surface area contributed by atoms with Gasteiger partial charge in [-0.1, -0.05) is 12.1 Å². The number of methoxy groups -OCH3 is 1. The van der Waals surface area contributed by atoms with E-state index >= 15 is 0 Å². The van der Waals surface area contributed by atoms with Gasteiger partial charge in [0.15, 0.2) is 0 Å². The van der Waals surface area contributed by atoms with Crippen LogP contribution in [-0.4, -0.2) is 18.9 Å². The molecule has 0 fully saturated rings. The van der Waals surface area contributed by atoms with Gasteiger partial charge in [-0.2, -0.15) is 0 Å². The van der Waals surface area contributed by atoms with E-state index in [1.165, 1.54) is 6.07 Å². The molecule has 0 saturated heterocycles. The number of nitrogens with two attached hydrogens (primary N) is 2. The Morgan fingerprint density at radius 3 is 2.73 bits per heavy atom. The fourth-order valence-corrected chi connectivity index (χ4v) is 2.00. The summed E-state index contributed by atoms with van der Waals surface area (Å²) in [7, 11) is 1.59. The van der Waals surface area contributed by atoms with E-state index in [4.69, 9.17) is 21.6 Å². The van der Waals surface area contributed by atoms with Crippen molar-refractivity contribution in [2.24, 2.45) is 5.73 Å². The van der Waals surface area contributed by atoms with Crippen LogP contribution >= 0.6 is 0 Å².